The summed E-state index contributed by atoms with van der Waals surface area (Å²) < 4.78 is 1.06. The summed E-state index contributed by atoms with van der Waals surface area (Å²) in [6.45, 7) is 5.56. The molecule has 0 aliphatic carbocycles. The van der Waals surface area contributed by atoms with E-state index in [1.807, 2.05) is 43.3 Å². The average Bonchev–Trinajstić information content (AvgIpc) is 2.37. The summed E-state index contributed by atoms with van der Waals surface area (Å²) >= 11 is 3.41. The predicted octanol–water partition coefficient (Wildman–Crippen LogP) is 2.90. The van der Waals surface area contributed by atoms with Gasteiger partial charge in [-0.15, -0.1) is 0 Å². The lowest BCUT2D eigenvalue weighted by atomic mass is 9.94. The van der Waals surface area contributed by atoms with E-state index < -0.39 is 0 Å². The molecule has 106 valence electrons. The van der Waals surface area contributed by atoms with Crippen LogP contribution in [0.5, 0.6) is 0 Å². The SMILES string of the molecule is CNCC(C(=O)N(C)Cc1ccc(Br)cc1)C(C)C. The van der Waals surface area contributed by atoms with Crippen molar-refractivity contribution >= 4 is 21.8 Å². The van der Waals surface area contributed by atoms with Crippen LogP contribution < -0.4 is 5.32 Å². The molecule has 0 saturated carbocycles. The fraction of sp³-hybridized carbons (Fsp3) is 0.533. The average molecular weight is 327 g/mol. The van der Waals surface area contributed by atoms with Crippen molar-refractivity contribution in [2.24, 2.45) is 11.8 Å². The molecule has 19 heavy (non-hydrogen) atoms. The second-order valence-corrected chi connectivity index (χ2v) is 6.14. The Morgan fingerprint density at radius 1 is 1.32 bits per heavy atom. The Labute approximate surface area is 124 Å². The van der Waals surface area contributed by atoms with E-state index in [-0.39, 0.29) is 11.8 Å². The van der Waals surface area contributed by atoms with Crippen molar-refractivity contribution in [3.63, 3.8) is 0 Å². The maximum Gasteiger partial charge on any atom is 0.227 e. The van der Waals surface area contributed by atoms with Gasteiger partial charge < -0.3 is 10.2 Å². The highest BCUT2D eigenvalue weighted by Crippen LogP contribution is 2.16. The number of carbonyl (C=O) groups excluding carboxylic acids is 1. The fourth-order valence-corrected chi connectivity index (χ4v) is 2.32. The van der Waals surface area contributed by atoms with E-state index in [0.29, 0.717) is 12.5 Å². The van der Waals surface area contributed by atoms with Crippen LogP contribution in [0.3, 0.4) is 0 Å². The van der Waals surface area contributed by atoms with Crippen molar-refractivity contribution < 1.29 is 4.79 Å². The van der Waals surface area contributed by atoms with Crippen molar-refractivity contribution in [3.8, 4) is 0 Å². The van der Waals surface area contributed by atoms with E-state index in [9.17, 15) is 4.79 Å². The largest absolute Gasteiger partial charge is 0.341 e. The van der Waals surface area contributed by atoms with Crippen LogP contribution >= 0.6 is 15.9 Å². The van der Waals surface area contributed by atoms with Crippen molar-refractivity contribution in [2.75, 3.05) is 20.6 Å². The van der Waals surface area contributed by atoms with Gasteiger partial charge in [0.05, 0.1) is 5.92 Å². The van der Waals surface area contributed by atoms with Gasteiger partial charge in [0.1, 0.15) is 0 Å². The number of carbonyl (C=O) groups is 1. The van der Waals surface area contributed by atoms with E-state index in [1.54, 1.807) is 0 Å². The highest BCUT2D eigenvalue weighted by atomic mass is 79.9. The molecule has 0 heterocycles. The molecule has 0 aromatic heterocycles. The number of hydrogen-bond donors (Lipinski definition) is 1. The van der Waals surface area contributed by atoms with Crippen molar-refractivity contribution in [1.29, 1.82) is 0 Å². The van der Waals surface area contributed by atoms with Crippen molar-refractivity contribution in [2.45, 2.75) is 20.4 Å². The van der Waals surface area contributed by atoms with E-state index in [4.69, 9.17) is 0 Å². The molecule has 3 nitrogen and oxygen atoms in total. The minimum atomic E-state index is 0.0328. The zero-order valence-electron chi connectivity index (χ0n) is 12.1. The lowest BCUT2D eigenvalue weighted by Gasteiger charge is -2.26. The van der Waals surface area contributed by atoms with Gasteiger partial charge in [0.15, 0.2) is 0 Å². The van der Waals surface area contributed by atoms with Gasteiger partial charge in [-0.25, -0.2) is 0 Å². The molecule has 1 atom stereocenters. The third kappa shape index (κ3) is 4.96. The number of amides is 1. The number of halogens is 1. The Kier molecular flexibility index (Phi) is 6.52. The van der Waals surface area contributed by atoms with Crippen LogP contribution in [0.25, 0.3) is 0 Å². The molecular weight excluding hydrogens is 304 g/mol. The molecular formula is C15H23BrN2O. The monoisotopic (exact) mass is 326 g/mol. The van der Waals surface area contributed by atoms with Gasteiger partial charge in [0.25, 0.3) is 0 Å². The Hall–Kier alpha value is -0.870. The van der Waals surface area contributed by atoms with Gasteiger partial charge in [-0.1, -0.05) is 41.9 Å². The van der Waals surface area contributed by atoms with Gasteiger partial charge in [0, 0.05) is 24.6 Å². The Balaban J connectivity index is 2.67. The highest BCUT2D eigenvalue weighted by molar-refractivity contribution is 9.10. The third-order valence-corrected chi connectivity index (χ3v) is 3.78. The van der Waals surface area contributed by atoms with Crippen LogP contribution in [-0.2, 0) is 11.3 Å². The minimum absolute atomic E-state index is 0.0328. The lowest BCUT2D eigenvalue weighted by Crippen LogP contribution is -2.39. The molecule has 0 saturated heterocycles. The van der Waals surface area contributed by atoms with Crippen LogP contribution in [0.2, 0.25) is 0 Å². The molecule has 0 aliphatic rings. The molecule has 0 bridgehead atoms. The van der Waals surface area contributed by atoms with Gasteiger partial charge in [-0.05, 0) is 30.7 Å². The summed E-state index contributed by atoms with van der Waals surface area (Å²) in [7, 11) is 3.76. The van der Waals surface area contributed by atoms with Crippen LogP contribution in [-0.4, -0.2) is 31.4 Å². The van der Waals surface area contributed by atoms with E-state index >= 15 is 0 Å². The molecule has 0 radical (unpaired) electrons. The van der Waals surface area contributed by atoms with E-state index in [2.05, 4.69) is 35.1 Å². The number of nitrogens with one attached hydrogen (secondary N) is 1. The summed E-state index contributed by atoms with van der Waals surface area (Å²) in [5.74, 6) is 0.574. The standard InChI is InChI=1S/C15H23BrN2O/c1-11(2)14(9-17-3)15(19)18(4)10-12-5-7-13(16)8-6-12/h5-8,11,14,17H,9-10H2,1-4H3. The molecule has 0 fully saturated rings. The molecule has 1 aromatic rings. The van der Waals surface area contributed by atoms with E-state index in [0.717, 1.165) is 16.6 Å². The summed E-state index contributed by atoms with van der Waals surface area (Å²) in [4.78, 5) is 14.2. The number of hydrogen-bond acceptors (Lipinski definition) is 2. The molecule has 0 aliphatic heterocycles. The second-order valence-electron chi connectivity index (χ2n) is 5.23. The number of benzene rings is 1. The summed E-state index contributed by atoms with van der Waals surface area (Å²) in [5, 5.41) is 3.10. The molecule has 0 spiro atoms. The maximum atomic E-state index is 12.4. The van der Waals surface area contributed by atoms with Crippen LogP contribution in [0.4, 0.5) is 0 Å². The van der Waals surface area contributed by atoms with Gasteiger partial charge in [-0.2, -0.15) is 0 Å². The quantitative estimate of drug-likeness (QED) is 0.871. The second kappa shape index (κ2) is 7.65. The first-order chi connectivity index (χ1) is 8.95. The molecule has 1 rings (SSSR count). The van der Waals surface area contributed by atoms with Gasteiger partial charge in [-0.3, -0.25) is 4.79 Å². The zero-order chi connectivity index (χ0) is 14.4. The molecule has 4 heteroatoms. The highest BCUT2D eigenvalue weighted by Gasteiger charge is 2.24. The van der Waals surface area contributed by atoms with Crippen LogP contribution in [0.15, 0.2) is 28.7 Å². The normalized spacial score (nSPS) is 12.5. The minimum Gasteiger partial charge on any atom is -0.341 e. The first-order valence-corrected chi connectivity index (χ1v) is 7.39. The van der Waals surface area contributed by atoms with Gasteiger partial charge in [0.2, 0.25) is 5.91 Å². The zero-order valence-corrected chi connectivity index (χ0v) is 13.7. The fourth-order valence-electron chi connectivity index (χ4n) is 2.05. The Morgan fingerprint density at radius 2 is 1.89 bits per heavy atom. The summed E-state index contributed by atoms with van der Waals surface area (Å²) in [5.41, 5.74) is 1.14. The first-order valence-electron chi connectivity index (χ1n) is 6.59. The topological polar surface area (TPSA) is 32.3 Å². The van der Waals surface area contributed by atoms with Gasteiger partial charge >= 0.3 is 0 Å². The first kappa shape index (κ1) is 16.2. The smallest absolute Gasteiger partial charge is 0.227 e. The predicted molar refractivity (Wildman–Crippen MR) is 82.9 cm³/mol. The lowest BCUT2D eigenvalue weighted by molar-refractivity contribution is -0.136. The molecule has 1 unspecified atom stereocenters. The maximum absolute atomic E-state index is 12.4. The van der Waals surface area contributed by atoms with E-state index in [1.165, 1.54) is 0 Å². The third-order valence-electron chi connectivity index (χ3n) is 3.26. The number of nitrogens with zero attached hydrogens (tertiary/aromatic N) is 1. The Morgan fingerprint density at radius 3 is 2.37 bits per heavy atom. The Bertz CT molecular complexity index is 403. The summed E-state index contributed by atoms with van der Waals surface area (Å²) in [6, 6.07) is 8.08. The molecule has 1 amide bonds. The number of rotatable bonds is 6. The molecule has 1 N–H and O–H groups in total. The van der Waals surface area contributed by atoms with Crippen LogP contribution in [0, 0.1) is 11.8 Å². The van der Waals surface area contributed by atoms with Crippen LogP contribution in [0.1, 0.15) is 19.4 Å². The molecule has 1 aromatic carbocycles. The van der Waals surface area contributed by atoms with Crippen molar-refractivity contribution in [3.05, 3.63) is 34.3 Å². The summed E-state index contributed by atoms with van der Waals surface area (Å²) in [6.07, 6.45) is 0. The van der Waals surface area contributed by atoms with Crippen molar-refractivity contribution in [1.82, 2.24) is 10.2 Å².